The Morgan fingerprint density at radius 3 is 2.73 bits per heavy atom. The van der Waals surface area contributed by atoms with Crippen LogP contribution in [0.1, 0.15) is 38.9 Å². The van der Waals surface area contributed by atoms with E-state index in [9.17, 15) is 0 Å². The molecule has 0 fully saturated rings. The maximum atomic E-state index is 5.42. The Bertz CT molecular complexity index is 756. The number of aromatic nitrogens is 1. The Hall–Kier alpha value is -2.21. The maximum Gasteiger partial charge on any atom is 0.211 e. The van der Waals surface area contributed by atoms with E-state index in [1.54, 1.807) is 0 Å². The minimum atomic E-state index is -0.0234. The molecule has 0 saturated heterocycles. The van der Waals surface area contributed by atoms with E-state index in [2.05, 4.69) is 41.2 Å². The lowest BCUT2D eigenvalue weighted by Gasteiger charge is -2.25. The van der Waals surface area contributed by atoms with Crippen molar-refractivity contribution >= 4 is 23.0 Å². The summed E-state index contributed by atoms with van der Waals surface area (Å²) in [6, 6.07) is 6.36. The molecule has 2 aromatic rings. The van der Waals surface area contributed by atoms with E-state index < -0.39 is 0 Å². The van der Waals surface area contributed by atoms with Crippen LogP contribution < -0.4 is 11.5 Å². The van der Waals surface area contributed by atoms with E-state index in [-0.39, 0.29) is 5.96 Å². The zero-order valence-corrected chi connectivity index (χ0v) is 13.5. The molecule has 0 spiro atoms. The molecule has 6 heteroatoms. The fraction of sp³-hybridized carbons (Fsp3) is 0.312. The molecule has 0 radical (unpaired) electrons. The van der Waals surface area contributed by atoms with Gasteiger partial charge in [0.25, 0.3) is 0 Å². The summed E-state index contributed by atoms with van der Waals surface area (Å²) in [7, 11) is 0. The molecule has 4 N–H and O–H groups in total. The van der Waals surface area contributed by atoms with Crippen LogP contribution in [0.25, 0.3) is 0 Å². The molecule has 1 aliphatic carbocycles. The number of aryl methyl sites for hydroxylation is 2. The highest BCUT2D eigenvalue weighted by atomic mass is 32.1. The average Bonchev–Trinajstić information content (AvgIpc) is 2.91. The molecule has 114 valence electrons. The zero-order chi connectivity index (χ0) is 15.7. The summed E-state index contributed by atoms with van der Waals surface area (Å²) >= 11 is 1.83. The van der Waals surface area contributed by atoms with Gasteiger partial charge in [-0.05, 0) is 44.0 Å². The Labute approximate surface area is 133 Å². The second-order valence-corrected chi connectivity index (χ2v) is 6.89. The Kier molecular flexibility index (Phi) is 3.94. The molecule has 22 heavy (non-hydrogen) atoms. The number of hydrogen-bond acceptors (Lipinski definition) is 4. The predicted molar refractivity (Wildman–Crippen MR) is 91.4 cm³/mol. The summed E-state index contributed by atoms with van der Waals surface area (Å²) in [5, 5.41) is 8.14. The second-order valence-electron chi connectivity index (χ2n) is 5.57. The first kappa shape index (κ1) is 14.7. The number of nitrogens with two attached hydrogens (primary N) is 2. The van der Waals surface area contributed by atoms with Gasteiger partial charge in [-0.25, -0.2) is 0 Å². The van der Waals surface area contributed by atoms with Crippen LogP contribution in [-0.2, 0) is 6.42 Å². The number of thiophene rings is 1. The van der Waals surface area contributed by atoms with Crippen molar-refractivity contribution in [3.8, 4) is 0 Å². The van der Waals surface area contributed by atoms with Crippen molar-refractivity contribution in [3.63, 3.8) is 0 Å². The van der Waals surface area contributed by atoms with Crippen LogP contribution in [0.4, 0.5) is 0 Å². The molecule has 1 atom stereocenters. The molecule has 0 bridgehead atoms. The molecular weight excluding hydrogens is 294 g/mol. The van der Waals surface area contributed by atoms with E-state index in [4.69, 9.17) is 11.5 Å². The van der Waals surface area contributed by atoms with Gasteiger partial charge < -0.3 is 11.5 Å². The van der Waals surface area contributed by atoms with Gasteiger partial charge in [0, 0.05) is 33.9 Å². The SMILES string of the molecule is Cc1ccc(C2C/C(=N/N=C(N)N)c3c(C)ccnc3C2)s1. The number of fused-ring (bicyclic) bond motifs is 1. The molecule has 3 rings (SSSR count). The monoisotopic (exact) mass is 313 g/mol. The van der Waals surface area contributed by atoms with E-state index in [1.165, 1.54) is 9.75 Å². The van der Waals surface area contributed by atoms with E-state index in [0.717, 1.165) is 35.4 Å². The summed E-state index contributed by atoms with van der Waals surface area (Å²) in [6.45, 7) is 4.20. The molecule has 0 aliphatic heterocycles. The fourth-order valence-corrected chi connectivity index (χ4v) is 3.86. The number of pyridine rings is 1. The minimum Gasteiger partial charge on any atom is -0.369 e. The summed E-state index contributed by atoms with van der Waals surface area (Å²) in [5.41, 5.74) is 15.1. The number of rotatable bonds is 2. The van der Waals surface area contributed by atoms with Gasteiger partial charge in [0.05, 0.1) is 11.4 Å². The largest absolute Gasteiger partial charge is 0.369 e. The minimum absolute atomic E-state index is 0.0234. The highest BCUT2D eigenvalue weighted by molar-refractivity contribution is 7.12. The van der Waals surface area contributed by atoms with Crippen molar-refractivity contribution in [1.82, 2.24) is 4.98 Å². The van der Waals surface area contributed by atoms with Crippen LogP contribution in [0.3, 0.4) is 0 Å². The summed E-state index contributed by atoms with van der Waals surface area (Å²) in [6.07, 6.45) is 3.61. The average molecular weight is 313 g/mol. The molecule has 1 aliphatic rings. The van der Waals surface area contributed by atoms with Crippen molar-refractivity contribution < 1.29 is 0 Å². The molecule has 5 nitrogen and oxygen atoms in total. The third-order valence-electron chi connectivity index (χ3n) is 3.86. The van der Waals surface area contributed by atoms with Gasteiger partial charge in [-0.3, -0.25) is 4.98 Å². The molecule has 0 saturated carbocycles. The maximum absolute atomic E-state index is 5.42. The molecular formula is C16H19N5S. The lowest BCUT2D eigenvalue weighted by molar-refractivity contribution is 0.689. The van der Waals surface area contributed by atoms with E-state index in [1.807, 2.05) is 23.6 Å². The Balaban J connectivity index is 2.05. The van der Waals surface area contributed by atoms with Crippen LogP contribution in [0.2, 0.25) is 0 Å². The van der Waals surface area contributed by atoms with Gasteiger partial charge >= 0.3 is 0 Å². The number of guanidine groups is 1. The highest BCUT2D eigenvalue weighted by Crippen LogP contribution is 2.36. The quantitative estimate of drug-likeness (QED) is 0.507. The fourth-order valence-electron chi connectivity index (χ4n) is 2.89. The third-order valence-corrected chi connectivity index (χ3v) is 5.02. The summed E-state index contributed by atoms with van der Waals surface area (Å²) in [4.78, 5) is 7.24. The zero-order valence-electron chi connectivity index (χ0n) is 12.7. The predicted octanol–water partition coefficient (Wildman–Crippen LogP) is 2.47. The first-order valence-corrected chi connectivity index (χ1v) is 8.03. The lowest BCUT2D eigenvalue weighted by atomic mass is 9.83. The molecule has 2 aromatic heterocycles. The Morgan fingerprint density at radius 2 is 2.05 bits per heavy atom. The van der Waals surface area contributed by atoms with Crippen LogP contribution in [0.5, 0.6) is 0 Å². The third kappa shape index (κ3) is 2.87. The van der Waals surface area contributed by atoms with Crippen LogP contribution in [0.15, 0.2) is 34.6 Å². The standard InChI is InChI=1S/C16H19N5S/c1-9-5-6-19-12-7-11(14-4-3-10(2)22-14)8-13(15(9)12)20-21-16(17)18/h3-6,11H,7-8H2,1-2H3,(H4,17,18,21)/b20-13-. The normalized spacial score (nSPS) is 19.0. The van der Waals surface area contributed by atoms with Gasteiger partial charge in [0.1, 0.15) is 0 Å². The van der Waals surface area contributed by atoms with E-state index in [0.29, 0.717) is 5.92 Å². The topological polar surface area (TPSA) is 89.6 Å². The second kappa shape index (κ2) is 5.88. The van der Waals surface area contributed by atoms with Gasteiger partial charge in [0.2, 0.25) is 5.96 Å². The first-order valence-electron chi connectivity index (χ1n) is 7.21. The van der Waals surface area contributed by atoms with Gasteiger partial charge in [0.15, 0.2) is 0 Å². The van der Waals surface area contributed by atoms with Crippen LogP contribution in [-0.4, -0.2) is 16.7 Å². The van der Waals surface area contributed by atoms with Crippen LogP contribution >= 0.6 is 11.3 Å². The van der Waals surface area contributed by atoms with Crippen molar-refractivity contribution in [1.29, 1.82) is 0 Å². The molecule has 2 heterocycles. The molecule has 0 amide bonds. The van der Waals surface area contributed by atoms with Crippen molar-refractivity contribution in [2.45, 2.75) is 32.6 Å². The number of nitrogens with zero attached hydrogens (tertiary/aromatic N) is 3. The van der Waals surface area contributed by atoms with Gasteiger partial charge in [-0.1, -0.05) is 0 Å². The van der Waals surface area contributed by atoms with Crippen LogP contribution in [0, 0.1) is 13.8 Å². The van der Waals surface area contributed by atoms with Gasteiger partial charge in [-0.15, -0.1) is 16.4 Å². The number of hydrogen-bond donors (Lipinski definition) is 2. The smallest absolute Gasteiger partial charge is 0.211 e. The molecule has 1 unspecified atom stereocenters. The first-order chi connectivity index (χ1) is 10.5. The van der Waals surface area contributed by atoms with Crippen molar-refractivity contribution in [2.24, 2.45) is 21.7 Å². The Morgan fingerprint density at radius 1 is 1.23 bits per heavy atom. The summed E-state index contributed by atoms with van der Waals surface area (Å²) < 4.78 is 0. The highest BCUT2D eigenvalue weighted by Gasteiger charge is 2.28. The summed E-state index contributed by atoms with van der Waals surface area (Å²) in [5.74, 6) is 0.359. The lowest BCUT2D eigenvalue weighted by Crippen LogP contribution is -2.24. The van der Waals surface area contributed by atoms with Crippen molar-refractivity contribution in [2.75, 3.05) is 0 Å². The van der Waals surface area contributed by atoms with E-state index >= 15 is 0 Å². The molecule has 0 aromatic carbocycles. The van der Waals surface area contributed by atoms with Crippen molar-refractivity contribution in [3.05, 3.63) is 51.0 Å². The van der Waals surface area contributed by atoms with Gasteiger partial charge in [-0.2, -0.15) is 5.10 Å².